The summed E-state index contributed by atoms with van der Waals surface area (Å²) in [6.45, 7) is 2.08. The van der Waals surface area contributed by atoms with Gasteiger partial charge in [0.05, 0.1) is 0 Å². The van der Waals surface area contributed by atoms with E-state index in [4.69, 9.17) is 12.8 Å². The fourth-order valence-corrected chi connectivity index (χ4v) is 2.42. The van der Waals surface area contributed by atoms with Gasteiger partial charge in [-0.25, -0.2) is 0 Å². The molecule has 0 radical (unpaired) electrons. The van der Waals surface area contributed by atoms with Crippen molar-refractivity contribution < 1.29 is 0 Å². The third-order valence-electron chi connectivity index (χ3n) is 3.09. The van der Waals surface area contributed by atoms with Crippen molar-refractivity contribution in [2.75, 3.05) is 0 Å². The highest BCUT2D eigenvalue weighted by molar-refractivity contribution is 5.72. The zero-order valence-corrected chi connectivity index (χ0v) is 11.1. The lowest BCUT2D eigenvalue weighted by atomic mass is 9.90. The molecule has 92 valence electrons. The number of terminal acetylenes is 2. The van der Waals surface area contributed by atoms with E-state index in [1.807, 2.05) is 18.2 Å². The molecule has 0 heteroatoms. The first kappa shape index (κ1) is 13.0. The predicted octanol–water partition coefficient (Wildman–Crippen LogP) is 4.01. The minimum Gasteiger partial charge on any atom is -0.120 e. The standard InChI is InChI=1S/C19H16/c1-4-9-17-13-15(3)14-18(10-5-2)19(17)16-11-7-6-8-12-16/h1-2,6-8,11-14H,9-10H2,3H3. The van der Waals surface area contributed by atoms with Gasteiger partial charge in [-0.15, -0.1) is 24.7 Å². The predicted molar refractivity (Wildman–Crippen MR) is 81.7 cm³/mol. The van der Waals surface area contributed by atoms with E-state index in [9.17, 15) is 0 Å². The Balaban J connectivity index is 2.68. The SMILES string of the molecule is C#CCc1cc(C)cc(CC#C)c1-c1ccccc1. The van der Waals surface area contributed by atoms with Crippen molar-refractivity contribution in [3.8, 4) is 35.8 Å². The van der Waals surface area contributed by atoms with Crippen LogP contribution in [0.15, 0.2) is 42.5 Å². The molecule has 2 aromatic carbocycles. The van der Waals surface area contributed by atoms with E-state index < -0.39 is 0 Å². The van der Waals surface area contributed by atoms with E-state index in [1.54, 1.807) is 0 Å². The Morgan fingerprint density at radius 2 is 1.42 bits per heavy atom. The highest BCUT2D eigenvalue weighted by Crippen LogP contribution is 2.29. The zero-order valence-electron chi connectivity index (χ0n) is 11.1. The van der Waals surface area contributed by atoms with Crippen LogP contribution < -0.4 is 0 Å². The molecule has 19 heavy (non-hydrogen) atoms. The number of hydrogen-bond donors (Lipinski definition) is 0. The molecule has 0 aliphatic rings. The molecule has 0 N–H and O–H groups in total. The maximum absolute atomic E-state index is 5.49. The van der Waals surface area contributed by atoms with Crippen molar-refractivity contribution >= 4 is 0 Å². The van der Waals surface area contributed by atoms with Gasteiger partial charge < -0.3 is 0 Å². The van der Waals surface area contributed by atoms with Gasteiger partial charge in [0.2, 0.25) is 0 Å². The molecule has 0 nitrogen and oxygen atoms in total. The van der Waals surface area contributed by atoms with Gasteiger partial charge in [-0.3, -0.25) is 0 Å². The van der Waals surface area contributed by atoms with Crippen LogP contribution in [0.2, 0.25) is 0 Å². The number of hydrogen-bond acceptors (Lipinski definition) is 0. The minimum absolute atomic E-state index is 0.628. The second-order valence-electron chi connectivity index (χ2n) is 4.59. The molecule has 0 spiro atoms. The van der Waals surface area contributed by atoms with Crippen molar-refractivity contribution in [3.05, 3.63) is 59.2 Å². The molecule has 0 aromatic heterocycles. The Morgan fingerprint density at radius 1 is 0.895 bits per heavy atom. The van der Waals surface area contributed by atoms with E-state index in [2.05, 4.69) is 43.0 Å². The molecule has 0 saturated heterocycles. The fourth-order valence-electron chi connectivity index (χ4n) is 2.42. The average molecular weight is 244 g/mol. The zero-order chi connectivity index (χ0) is 13.7. The van der Waals surface area contributed by atoms with Crippen LogP contribution >= 0.6 is 0 Å². The molecule has 0 amide bonds. The summed E-state index contributed by atoms with van der Waals surface area (Å²) < 4.78 is 0. The van der Waals surface area contributed by atoms with Crippen LogP contribution in [-0.2, 0) is 12.8 Å². The van der Waals surface area contributed by atoms with Crippen LogP contribution in [-0.4, -0.2) is 0 Å². The van der Waals surface area contributed by atoms with E-state index in [-0.39, 0.29) is 0 Å². The normalized spacial score (nSPS) is 9.63. The van der Waals surface area contributed by atoms with Gasteiger partial charge in [0, 0.05) is 12.8 Å². The Bertz CT molecular complexity index is 612. The topological polar surface area (TPSA) is 0 Å². The van der Waals surface area contributed by atoms with Gasteiger partial charge in [0.1, 0.15) is 0 Å². The molecule has 0 aliphatic heterocycles. The molecule has 0 fully saturated rings. The maximum Gasteiger partial charge on any atom is 0.0344 e. The summed E-state index contributed by atoms with van der Waals surface area (Å²) in [6.07, 6.45) is 12.2. The monoisotopic (exact) mass is 244 g/mol. The van der Waals surface area contributed by atoms with Gasteiger partial charge in [-0.2, -0.15) is 0 Å². The van der Waals surface area contributed by atoms with E-state index in [1.165, 1.54) is 27.8 Å². The summed E-state index contributed by atoms with van der Waals surface area (Å²) in [5.74, 6) is 5.48. The summed E-state index contributed by atoms with van der Waals surface area (Å²) in [6, 6.07) is 14.6. The van der Waals surface area contributed by atoms with E-state index >= 15 is 0 Å². The molecule has 0 atom stereocenters. The second-order valence-corrected chi connectivity index (χ2v) is 4.59. The molecule has 0 aliphatic carbocycles. The van der Waals surface area contributed by atoms with Crippen molar-refractivity contribution in [3.63, 3.8) is 0 Å². The van der Waals surface area contributed by atoms with Gasteiger partial charge in [-0.1, -0.05) is 48.0 Å². The van der Waals surface area contributed by atoms with Crippen molar-refractivity contribution in [2.45, 2.75) is 19.8 Å². The third-order valence-corrected chi connectivity index (χ3v) is 3.09. The summed E-state index contributed by atoms with van der Waals surface area (Å²) >= 11 is 0. The molecular weight excluding hydrogens is 228 g/mol. The van der Waals surface area contributed by atoms with E-state index in [0.717, 1.165) is 0 Å². The fraction of sp³-hybridized carbons (Fsp3) is 0.158. The van der Waals surface area contributed by atoms with Crippen molar-refractivity contribution in [2.24, 2.45) is 0 Å². The van der Waals surface area contributed by atoms with Crippen LogP contribution in [0.4, 0.5) is 0 Å². The Hall–Kier alpha value is -2.44. The first-order valence-electron chi connectivity index (χ1n) is 6.31. The van der Waals surface area contributed by atoms with Gasteiger partial charge in [0.15, 0.2) is 0 Å². The largest absolute Gasteiger partial charge is 0.120 e. The lowest BCUT2D eigenvalue weighted by Gasteiger charge is -2.14. The highest BCUT2D eigenvalue weighted by Gasteiger charge is 2.10. The van der Waals surface area contributed by atoms with Gasteiger partial charge in [0.25, 0.3) is 0 Å². The van der Waals surface area contributed by atoms with Crippen LogP contribution in [0.5, 0.6) is 0 Å². The molecule has 0 unspecified atom stereocenters. The summed E-state index contributed by atoms with van der Waals surface area (Å²) in [5, 5.41) is 0. The summed E-state index contributed by atoms with van der Waals surface area (Å²) in [4.78, 5) is 0. The lowest BCUT2D eigenvalue weighted by Crippen LogP contribution is -1.97. The summed E-state index contributed by atoms with van der Waals surface area (Å²) in [7, 11) is 0. The maximum atomic E-state index is 5.49. The van der Waals surface area contributed by atoms with Gasteiger partial charge >= 0.3 is 0 Å². The molecule has 2 aromatic rings. The van der Waals surface area contributed by atoms with E-state index in [0.29, 0.717) is 12.8 Å². The first-order valence-corrected chi connectivity index (χ1v) is 6.31. The molecule has 0 saturated carbocycles. The Morgan fingerprint density at radius 3 is 1.89 bits per heavy atom. The summed E-state index contributed by atoms with van der Waals surface area (Å²) in [5.41, 5.74) is 5.94. The van der Waals surface area contributed by atoms with Crippen molar-refractivity contribution in [1.82, 2.24) is 0 Å². The number of rotatable bonds is 3. The van der Waals surface area contributed by atoms with Crippen LogP contribution in [0, 0.1) is 31.6 Å². The minimum atomic E-state index is 0.628. The van der Waals surface area contributed by atoms with Crippen LogP contribution in [0.3, 0.4) is 0 Å². The quantitative estimate of drug-likeness (QED) is 0.715. The average Bonchev–Trinajstić information content (AvgIpc) is 2.40. The molecular formula is C19H16. The third kappa shape index (κ3) is 2.87. The highest BCUT2D eigenvalue weighted by atomic mass is 14.1. The van der Waals surface area contributed by atoms with Crippen molar-refractivity contribution in [1.29, 1.82) is 0 Å². The molecule has 2 rings (SSSR count). The number of benzene rings is 2. The number of aryl methyl sites for hydroxylation is 1. The van der Waals surface area contributed by atoms with Crippen LogP contribution in [0.1, 0.15) is 16.7 Å². The molecule has 0 bridgehead atoms. The first-order chi connectivity index (χ1) is 9.26. The van der Waals surface area contributed by atoms with Gasteiger partial charge in [-0.05, 0) is 29.2 Å². The second kappa shape index (κ2) is 5.94. The lowest BCUT2D eigenvalue weighted by molar-refractivity contribution is 1.22. The Kier molecular flexibility index (Phi) is 4.07. The Labute approximate surface area is 115 Å². The molecule has 0 heterocycles. The van der Waals surface area contributed by atoms with Crippen LogP contribution in [0.25, 0.3) is 11.1 Å². The smallest absolute Gasteiger partial charge is 0.0344 e.